The molecule has 110 valence electrons. The standard InChI is InChI=1S/C16H30N2O/c1-15(2,3)13-11-18(12-9-7-6-8-10-12)14(17-13)16(4,5)19/h12-13,19H,6-11H2,1-5H3. The average molecular weight is 266 g/mol. The largest absolute Gasteiger partial charge is 0.383 e. The normalized spacial score (nSPS) is 26.7. The molecule has 3 nitrogen and oxygen atoms in total. The Kier molecular flexibility index (Phi) is 3.97. The second kappa shape index (κ2) is 5.08. The SMILES string of the molecule is CC(C)(O)C1=NC(C(C)(C)C)CN1C1CCCCC1. The molecule has 1 atom stereocenters. The lowest BCUT2D eigenvalue weighted by atomic mass is 9.87. The van der Waals surface area contributed by atoms with Gasteiger partial charge in [-0.05, 0) is 32.1 Å². The van der Waals surface area contributed by atoms with Gasteiger partial charge < -0.3 is 10.0 Å². The molecule has 1 aliphatic heterocycles. The van der Waals surface area contributed by atoms with E-state index in [-0.39, 0.29) is 5.41 Å². The van der Waals surface area contributed by atoms with Crippen LogP contribution in [-0.2, 0) is 0 Å². The Hall–Kier alpha value is -0.570. The third-order valence-electron chi connectivity index (χ3n) is 4.48. The summed E-state index contributed by atoms with van der Waals surface area (Å²) in [4.78, 5) is 7.29. The number of hydrogen-bond donors (Lipinski definition) is 1. The highest BCUT2D eigenvalue weighted by Gasteiger charge is 2.41. The fraction of sp³-hybridized carbons (Fsp3) is 0.938. The Balaban J connectivity index is 2.21. The van der Waals surface area contributed by atoms with Crippen molar-refractivity contribution < 1.29 is 5.11 Å². The van der Waals surface area contributed by atoms with E-state index < -0.39 is 5.60 Å². The van der Waals surface area contributed by atoms with E-state index >= 15 is 0 Å². The van der Waals surface area contributed by atoms with Crippen molar-refractivity contribution in [3.05, 3.63) is 0 Å². The molecule has 1 unspecified atom stereocenters. The molecule has 1 aliphatic carbocycles. The number of rotatable bonds is 2. The summed E-state index contributed by atoms with van der Waals surface area (Å²) in [5, 5.41) is 10.4. The van der Waals surface area contributed by atoms with Crippen molar-refractivity contribution in [3.63, 3.8) is 0 Å². The quantitative estimate of drug-likeness (QED) is 0.833. The fourth-order valence-electron chi connectivity index (χ4n) is 3.23. The lowest BCUT2D eigenvalue weighted by molar-refractivity contribution is 0.126. The van der Waals surface area contributed by atoms with Crippen LogP contribution in [-0.4, -0.2) is 40.1 Å². The summed E-state index contributed by atoms with van der Waals surface area (Å²) in [6.07, 6.45) is 6.51. The minimum Gasteiger partial charge on any atom is -0.383 e. The first kappa shape index (κ1) is 14.8. The molecule has 0 bridgehead atoms. The molecule has 1 fully saturated rings. The average Bonchev–Trinajstić information content (AvgIpc) is 2.74. The molecule has 2 aliphatic rings. The Morgan fingerprint density at radius 1 is 1.05 bits per heavy atom. The van der Waals surface area contributed by atoms with Gasteiger partial charge in [-0.25, -0.2) is 0 Å². The predicted molar refractivity (Wildman–Crippen MR) is 80.6 cm³/mol. The molecular weight excluding hydrogens is 236 g/mol. The van der Waals surface area contributed by atoms with Crippen LogP contribution in [0.15, 0.2) is 4.99 Å². The van der Waals surface area contributed by atoms with Gasteiger partial charge in [0, 0.05) is 12.6 Å². The smallest absolute Gasteiger partial charge is 0.131 e. The van der Waals surface area contributed by atoms with Crippen LogP contribution < -0.4 is 0 Å². The number of aliphatic hydroxyl groups is 1. The molecule has 1 saturated carbocycles. The Labute approximate surface area is 118 Å². The van der Waals surface area contributed by atoms with Gasteiger partial charge in [0.25, 0.3) is 0 Å². The van der Waals surface area contributed by atoms with Crippen LogP contribution in [0.5, 0.6) is 0 Å². The first-order valence-corrected chi connectivity index (χ1v) is 7.77. The highest BCUT2D eigenvalue weighted by Crippen LogP contribution is 2.34. The molecule has 3 heteroatoms. The van der Waals surface area contributed by atoms with Crippen LogP contribution in [0.1, 0.15) is 66.7 Å². The van der Waals surface area contributed by atoms with Crippen LogP contribution in [0.3, 0.4) is 0 Å². The van der Waals surface area contributed by atoms with Crippen LogP contribution in [0, 0.1) is 5.41 Å². The minimum atomic E-state index is -0.822. The number of amidine groups is 1. The number of aliphatic imine (C=N–C) groups is 1. The van der Waals surface area contributed by atoms with E-state index in [1.54, 1.807) is 0 Å². The van der Waals surface area contributed by atoms with Crippen molar-refractivity contribution in [1.29, 1.82) is 0 Å². The molecule has 2 rings (SSSR count). The van der Waals surface area contributed by atoms with Crippen molar-refractivity contribution in [3.8, 4) is 0 Å². The summed E-state index contributed by atoms with van der Waals surface area (Å²) in [6.45, 7) is 11.4. The van der Waals surface area contributed by atoms with Crippen LogP contribution in [0.2, 0.25) is 0 Å². The van der Waals surface area contributed by atoms with Gasteiger partial charge >= 0.3 is 0 Å². The highest BCUT2D eigenvalue weighted by atomic mass is 16.3. The van der Waals surface area contributed by atoms with E-state index in [1.165, 1.54) is 32.1 Å². The molecule has 0 spiro atoms. The van der Waals surface area contributed by atoms with E-state index in [1.807, 2.05) is 13.8 Å². The number of nitrogens with zero attached hydrogens (tertiary/aromatic N) is 2. The Bertz CT molecular complexity index is 343. The minimum absolute atomic E-state index is 0.167. The topological polar surface area (TPSA) is 35.8 Å². The highest BCUT2D eigenvalue weighted by molar-refractivity contribution is 5.91. The zero-order chi connectivity index (χ0) is 14.3. The van der Waals surface area contributed by atoms with E-state index in [0.717, 1.165) is 12.4 Å². The zero-order valence-corrected chi connectivity index (χ0v) is 13.2. The molecule has 1 heterocycles. The van der Waals surface area contributed by atoms with E-state index in [0.29, 0.717) is 12.1 Å². The van der Waals surface area contributed by atoms with Crippen LogP contribution in [0.25, 0.3) is 0 Å². The monoisotopic (exact) mass is 266 g/mol. The summed E-state index contributed by atoms with van der Waals surface area (Å²) >= 11 is 0. The molecule has 0 aromatic heterocycles. The van der Waals surface area contributed by atoms with Gasteiger partial charge in [0.15, 0.2) is 0 Å². The van der Waals surface area contributed by atoms with Crippen molar-refractivity contribution in [2.45, 2.75) is 84.4 Å². The Morgan fingerprint density at radius 2 is 1.63 bits per heavy atom. The third-order valence-corrected chi connectivity index (χ3v) is 4.48. The van der Waals surface area contributed by atoms with E-state index in [2.05, 4.69) is 25.7 Å². The molecule has 1 N–H and O–H groups in total. The maximum absolute atomic E-state index is 10.4. The molecule has 19 heavy (non-hydrogen) atoms. The van der Waals surface area contributed by atoms with Crippen molar-refractivity contribution in [2.75, 3.05) is 6.54 Å². The summed E-state index contributed by atoms with van der Waals surface area (Å²) in [5.74, 6) is 0.916. The maximum atomic E-state index is 10.4. The summed E-state index contributed by atoms with van der Waals surface area (Å²) in [6, 6.07) is 0.891. The Morgan fingerprint density at radius 3 is 2.11 bits per heavy atom. The summed E-state index contributed by atoms with van der Waals surface area (Å²) in [5.41, 5.74) is -0.655. The van der Waals surface area contributed by atoms with E-state index in [9.17, 15) is 5.11 Å². The van der Waals surface area contributed by atoms with Gasteiger partial charge in [-0.3, -0.25) is 4.99 Å². The second-order valence-corrected chi connectivity index (χ2v) is 7.84. The molecule has 0 aromatic rings. The van der Waals surface area contributed by atoms with Crippen molar-refractivity contribution >= 4 is 5.84 Å². The lowest BCUT2D eigenvalue weighted by Gasteiger charge is -2.37. The zero-order valence-electron chi connectivity index (χ0n) is 13.2. The molecule has 0 saturated heterocycles. The molecular formula is C16H30N2O. The fourth-order valence-corrected chi connectivity index (χ4v) is 3.23. The van der Waals surface area contributed by atoms with Gasteiger partial charge in [0.05, 0.1) is 6.04 Å². The van der Waals surface area contributed by atoms with Gasteiger partial charge in [-0.2, -0.15) is 0 Å². The second-order valence-electron chi connectivity index (χ2n) is 7.84. The lowest BCUT2D eigenvalue weighted by Crippen LogP contribution is -2.49. The van der Waals surface area contributed by atoms with Crippen molar-refractivity contribution in [2.24, 2.45) is 10.4 Å². The van der Waals surface area contributed by atoms with Crippen LogP contribution in [0.4, 0.5) is 0 Å². The summed E-state index contributed by atoms with van der Waals surface area (Å²) < 4.78 is 0. The third kappa shape index (κ3) is 3.31. The molecule has 0 aromatic carbocycles. The van der Waals surface area contributed by atoms with Crippen molar-refractivity contribution in [1.82, 2.24) is 4.90 Å². The van der Waals surface area contributed by atoms with Gasteiger partial charge in [-0.15, -0.1) is 0 Å². The summed E-state index contributed by atoms with van der Waals surface area (Å²) in [7, 11) is 0. The van der Waals surface area contributed by atoms with E-state index in [4.69, 9.17) is 4.99 Å². The number of hydrogen-bond acceptors (Lipinski definition) is 3. The van der Waals surface area contributed by atoms with Gasteiger partial charge in [0.2, 0.25) is 0 Å². The van der Waals surface area contributed by atoms with Crippen LogP contribution >= 0.6 is 0 Å². The molecule has 0 radical (unpaired) electrons. The maximum Gasteiger partial charge on any atom is 0.131 e. The van der Waals surface area contributed by atoms with Gasteiger partial charge in [0.1, 0.15) is 11.4 Å². The molecule has 0 amide bonds. The first-order chi connectivity index (χ1) is 8.69. The first-order valence-electron chi connectivity index (χ1n) is 7.77. The predicted octanol–water partition coefficient (Wildman–Crippen LogP) is 3.22. The van der Waals surface area contributed by atoms with Gasteiger partial charge in [-0.1, -0.05) is 40.0 Å².